The van der Waals surface area contributed by atoms with Crippen molar-refractivity contribution in [1.29, 1.82) is 0 Å². The molecule has 1 aromatic rings. The molecule has 102 valence electrons. The third-order valence-corrected chi connectivity index (χ3v) is 3.29. The molecule has 1 aliphatic rings. The number of nitrogens with zero attached hydrogens (tertiary/aromatic N) is 4. The van der Waals surface area contributed by atoms with Gasteiger partial charge in [-0.2, -0.15) is 5.10 Å². The van der Waals surface area contributed by atoms with Crippen molar-refractivity contribution in [2.45, 2.75) is 33.9 Å². The van der Waals surface area contributed by atoms with Gasteiger partial charge in [0, 0.05) is 18.8 Å². The first-order chi connectivity index (χ1) is 9.15. The van der Waals surface area contributed by atoms with Crippen LogP contribution < -0.4 is 0 Å². The minimum absolute atomic E-state index is 0.0562. The van der Waals surface area contributed by atoms with Crippen LogP contribution in [0, 0.1) is 13.8 Å². The van der Waals surface area contributed by atoms with Gasteiger partial charge in [0.15, 0.2) is 6.17 Å². The lowest BCUT2D eigenvalue weighted by Gasteiger charge is -2.22. The molecular weight excluding hydrogens is 236 g/mol. The van der Waals surface area contributed by atoms with E-state index in [-0.39, 0.29) is 6.17 Å². The van der Waals surface area contributed by atoms with Crippen LogP contribution in [-0.4, -0.2) is 33.6 Å². The number of aliphatic imine (C=N–C) groups is 1. The Labute approximate surface area is 115 Å². The second kappa shape index (κ2) is 5.87. The van der Waals surface area contributed by atoms with Crippen LogP contribution in [-0.2, 0) is 0 Å². The highest BCUT2D eigenvalue weighted by Gasteiger charge is 2.14. The van der Waals surface area contributed by atoms with Gasteiger partial charge in [-0.25, -0.2) is 9.67 Å². The van der Waals surface area contributed by atoms with E-state index in [2.05, 4.69) is 49.0 Å². The zero-order valence-corrected chi connectivity index (χ0v) is 12.2. The molecule has 2 rings (SSSR count). The fraction of sp³-hybridized carbons (Fsp3) is 0.467. The molecule has 0 spiro atoms. The maximum absolute atomic E-state index is 4.83. The van der Waals surface area contributed by atoms with Crippen LogP contribution >= 0.6 is 0 Å². The number of likely N-dealkylation sites (N-methyl/N-ethyl adjacent to an activating group) is 1. The molecule has 0 radical (unpaired) electrons. The van der Waals surface area contributed by atoms with Gasteiger partial charge in [-0.1, -0.05) is 12.2 Å². The summed E-state index contributed by atoms with van der Waals surface area (Å²) in [6, 6.07) is 2.08. The Morgan fingerprint density at radius 3 is 2.53 bits per heavy atom. The lowest BCUT2D eigenvalue weighted by molar-refractivity contribution is 0.454. The molecule has 19 heavy (non-hydrogen) atoms. The molecule has 0 aliphatic carbocycles. The topological polar surface area (TPSA) is 33.4 Å². The lowest BCUT2D eigenvalue weighted by atomic mass is 10.4. The van der Waals surface area contributed by atoms with E-state index in [1.165, 1.54) is 0 Å². The van der Waals surface area contributed by atoms with E-state index in [0.29, 0.717) is 0 Å². The SMILES string of the molecule is CCN(CC)C1=NC(n2nc(C)cc2C)C=CC=C1. The Kier molecular flexibility index (Phi) is 4.20. The van der Waals surface area contributed by atoms with E-state index < -0.39 is 0 Å². The van der Waals surface area contributed by atoms with E-state index in [1.54, 1.807) is 0 Å². The molecule has 1 atom stereocenters. The second-order valence-electron chi connectivity index (χ2n) is 4.69. The van der Waals surface area contributed by atoms with Crippen LogP contribution in [0.1, 0.15) is 31.4 Å². The summed E-state index contributed by atoms with van der Waals surface area (Å²) in [5.74, 6) is 1.02. The van der Waals surface area contributed by atoms with Crippen LogP contribution in [0.2, 0.25) is 0 Å². The molecule has 0 N–H and O–H groups in total. The van der Waals surface area contributed by atoms with Gasteiger partial charge in [0.05, 0.1) is 5.69 Å². The summed E-state index contributed by atoms with van der Waals surface area (Å²) in [6.45, 7) is 10.3. The second-order valence-corrected chi connectivity index (χ2v) is 4.69. The van der Waals surface area contributed by atoms with Gasteiger partial charge in [-0.15, -0.1) is 0 Å². The Hall–Kier alpha value is -1.84. The molecule has 1 aromatic heterocycles. The first kappa shape index (κ1) is 13.6. The Bertz CT molecular complexity index is 518. The minimum atomic E-state index is -0.0562. The van der Waals surface area contributed by atoms with E-state index in [4.69, 9.17) is 4.99 Å². The van der Waals surface area contributed by atoms with E-state index in [1.807, 2.05) is 23.8 Å². The van der Waals surface area contributed by atoms with E-state index >= 15 is 0 Å². The summed E-state index contributed by atoms with van der Waals surface area (Å²) in [7, 11) is 0. The highest BCUT2D eigenvalue weighted by Crippen LogP contribution is 2.17. The van der Waals surface area contributed by atoms with E-state index in [9.17, 15) is 0 Å². The molecule has 0 saturated heterocycles. The van der Waals surface area contributed by atoms with Gasteiger partial charge in [0.2, 0.25) is 0 Å². The minimum Gasteiger partial charge on any atom is -0.357 e. The number of allylic oxidation sites excluding steroid dienone is 2. The van der Waals surface area contributed by atoms with Crippen LogP contribution in [0.15, 0.2) is 35.4 Å². The maximum atomic E-state index is 4.83. The van der Waals surface area contributed by atoms with Gasteiger partial charge >= 0.3 is 0 Å². The normalized spacial score (nSPS) is 18.3. The van der Waals surface area contributed by atoms with Crippen molar-refractivity contribution >= 4 is 5.84 Å². The summed E-state index contributed by atoms with van der Waals surface area (Å²) in [5.41, 5.74) is 2.17. The Morgan fingerprint density at radius 1 is 1.21 bits per heavy atom. The first-order valence-electron chi connectivity index (χ1n) is 6.86. The lowest BCUT2D eigenvalue weighted by Crippen LogP contribution is -2.30. The van der Waals surface area contributed by atoms with Crippen LogP contribution in [0.4, 0.5) is 0 Å². The van der Waals surface area contributed by atoms with Crippen molar-refractivity contribution in [3.05, 3.63) is 41.8 Å². The summed E-state index contributed by atoms with van der Waals surface area (Å²) in [5, 5.41) is 4.53. The van der Waals surface area contributed by atoms with E-state index in [0.717, 1.165) is 30.3 Å². The largest absolute Gasteiger partial charge is 0.357 e. The van der Waals surface area contributed by atoms with Gasteiger partial charge in [0.25, 0.3) is 0 Å². The monoisotopic (exact) mass is 258 g/mol. The molecule has 4 heteroatoms. The van der Waals surface area contributed by atoms with Crippen molar-refractivity contribution in [2.24, 2.45) is 4.99 Å². The zero-order valence-electron chi connectivity index (χ0n) is 12.2. The third kappa shape index (κ3) is 2.95. The molecule has 2 heterocycles. The van der Waals surface area contributed by atoms with Gasteiger partial charge in [-0.05, 0) is 45.9 Å². The number of hydrogen-bond acceptors (Lipinski definition) is 3. The molecule has 0 saturated carbocycles. The molecule has 1 aliphatic heterocycles. The fourth-order valence-electron chi connectivity index (χ4n) is 2.31. The molecule has 4 nitrogen and oxygen atoms in total. The average molecular weight is 258 g/mol. The highest BCUT2D eigenvalue weighted by atomic mass is 15.4. The molecule has 0 amide bonds. The van der Waals surface area contributed by atoms with Crippen LogP contribution in [0.25, 0.3) is 0 Å². The standard InChI is InChI=1S/C15H22N4/c1-5-18(6-2)14-9-7-8-10-15(16-14)19-13(4)11-12(3)17-19/h7-11,15H,5-6H2,1-4H3. The average Bonchev–Trinajstić information content (AvgIpc) is 2.61. The van der Waals surface area contributed by atoms with Crippen molar-refractivity contribution in [2.75, 3.05) is 13.1 Å². The van der Waals surface area contributed by atoms with Crippen molar-refractivity contribution < 1.29 is 0 Å². The number of hydrogen-bond donors (Lipinski definition) is 0. The van der Waals surface area contributed by atoms with Gasteiger partial charge in [-0.3, -0.25) is 0 Å². The molecule has 0 fully saturated rings. The summed E-state index contributed by atoms with van der Waals surface area (Å²) in [6.07, 6.45) is 8.17. The third-order valence-electron chi connectivity index (χ3n) is 3.29. The molecular formula is C15H22N4. The first-order valence-corrected chi connectivity index (χ1v) is 6.86. The predicted octanol–water partition coefficient (Wildman–Crippen LogP) is 2.86. The number of aromatic nitrogens is 2. The highest BCUT2D eigenvalue weighted by molar-refractivity contribution is 5.93. The molecule has 1 unspecified atom stereocenters. The Balaban J connectivity index is 2.35. The van der Waals surface area contributed by atoms with Gasteiger partial charge in [0.1, 0.15) is 5.84 Å². The summed E-state index contributed by atoms with van der Waals surface area (Å²) >= 11 is 0. The van der Waals surface area contributed by atoms with Crippen LogP contribution in [0.5, 0.6) is 0 Å². The maximum Gasteiger partial charge on any atom is 0.162 e. The van der Waals surface area contributed by atoms with Crippen LogP contribution in [0.3, 0.4) is 0 Å². The summed E-state index contributed by atoms with van der Waals surface area (Å²) in [4.78, 5) is 7.08. The predicted molar refractivity (Wildman–Crippen MR) is 79.4 cm³/mol. The number of amidine groups is 1. The number of rotatable bonds is 3. The number of aryl methyl sites for hydroxylation is 2. The molecule has 0 bridgehead atoms. The Morgan fingerprint density at radius 2 is 1.95 bits per heavy atom. The van der Waals surface area contributed by atoms with Crippen molar-refractivity contribution in [1.82, 2.24) is 14.7 Å². The smallest absolute Gasteiger partial charge is 0.162 e. The fourth-order valence-corrected chi connectivity index (χ4v) is 2.31. The molecule has 0 aromatic carbocycles. The van der Waals surface area contributed by atoms with Crippen molar-refractivity contribution in [3.63, 3.8) is 0 Å². The summed E-state index contributed by atoms with van der Waals surface area (Å²) < 4.78 is 1.97. The van der Waals surface area contributed by atoms with Crippen molar-refractivity contribution in [3.8, 4) is 0 Å². The van der Waals surface area contributed by atoms with Gasteiger partial charge < -0.3 is 4.90 Å². The quantitative estimate of drug-likeness (QED) is 0.835. The zero-order chi connectivity index (χ0) is 13.8.